The molecular formula is C19H23N3O2S. The SMILES string of the molecule is CC1CCCCN1CC(=O)N1N=C(c2cccs2)CC1c1ccco1. The highest BCUT2D eigenvalue weighted by Crippen LogP contribution is 2.34. The second-order valence-corrected chi connectivity index (χ2v) is 7.76. The molecule has 2 aliphatic rings. The third kappa shape index (κ3) is 3.41. The molecule has 2 atom stereocenters. The van der Waals surface area contributed by atoms with Crippen molar-refractivity contribution in [2.45, 2.75) is 44.7 Å². The number of likely N-dealkylation sites (tertiary alicyclic amines) is 1. The molecule has 1 amide bonds. The van der Waals surface area contributed by atoms with Gasteiger partial charge in [0.2, 0.25) is 0 Å². The summed E-state index contributed by atoms with van der Waals surface area (Å²) in [6.07, 6.45) is 5.95. The summed E-state index contributed by atoms with van der Waals surface area (Å²) < 4.78 is 5.60. The molecule has 0 radical (unpaired) electrons. The molecule has 0 spiro atoms. The van der Waals surface area contributed by atoms with Gasteiger partial charge in [0.1, 0.15) is 11.8 Å². The monoisotopic (exact) mass is 357 g/mol. The van der Waals surface area contributed by atoms with Crippen LogP contribution in [0, 0.1) is 0 Å². The van der Waals surface area contributed by atoms with Crippen LogP contribution < -0.4 is 0 Å². The zero-order valence-corrected chi connectivity index (χ0v) is 15.2. The number of thiophene rings is 1. The first kappa shape index (κ1) is 16.5. The van der Waals surface area contributed by atoms with E-state index in [1.54, 1.807) is 22.6 Å². The minimum absolute atomic E-state index is 0.0571. The summed E-state index contributed by atoms with van der Waals surface area (Å²) in [5.41, 5.74) is 0.969. The number of hydrogen-bond donors (Lipinski definition) is 0. The van der Waals surface area contributed by atoms with Crippen LogP contribution in [0.25, 0.3) is 0 Å². The van der Waals surface area contributed by atoms with Crippen LogP contribution in [-0.2, 0) is 4.79 Å². The van der Waals surface area contributed by atoms with E-state index in [4.69, 9.17) is 4.42 Å². The van der Waals surface area contributed by atoms with Crippen molar-refractivity contribution in [2.24, 2.45) is 5.10 Å². The number of rotatable bonds is 4. The quantitative estimate of drug-likeness (QED) is 0.834. The number of hydrogen-bond acceptors (Lipinski definition) is 5. The second kappa shape index (κ2) is 7.14. The lowest BCUT2D eigenvalue weighted by molar-refractivity contribution is -0.135. The lowest BCUT2D eigenvalue weighted by atomic mass is 10.0. The van der Waals surface area contributed by atoms with Crippen LogP contribution in [0.4, 0.5) is 0 Å². The van der Waals surface area contributed by atoms with Gasteiger partial charge in [0, 0.05) is 12.5 Å². The van der Waals surface area contributed by atoms with Gasteiger partial charge in [-0.1, -0.05) is 12.5 Å². The van der Waals surface area contributed by atoms with Gasteiger partial charge in [0.05, 0.1) is 23.4 Å². The van der Waals surface area contributed by atoms with Crippen LogP contribution in [0.5, 0.6) is 0 Å². The number of carbonyl (C=O) groups is 1. The van der Waals surface area contributed by atoms with Crippen molar-refractivity contribution < 1.29 is 9.21 Å². The van der Waals surface area contributed by atoms with Gasteiger partial charge in [-0.25, -0.2) is 5.01 Å². The van der Waals surface area contributed by atoms with E-state index in [0.29, 0.717) is 19.0 Å². The fourth-order valence-corrected chi connectivity index (χ4v) is 4.39. The van der Waals surface area contributed by atoms with Crippen LogP contribution in [0.1, 0.15) is 49.3 Å². The van der Waals surface area contributed by atoms with E-state index in [1.807, 2.05) is 23.6 Å². The lowest BCUT2D eigenvalue weighted by Crippen LogP contribution is -2.44. The first-order valence-corrected chi connectivity index (χ1v) is 9.81. The van der Waals surface area contributed by atoms with Crippen LogP contribution >= 0.6 is 11.3 Å². The first-order chi connectivity index (χ1) is 12.2. The summed E-state index contributed by atoms with van der Waals surface area (Å²) >= 11 is 1.66. The van der Waals surface area contributed by atoms with E-state index in [2.05, 4.69) is 23.0 Å². The van der Waals surface area contributed by atoms with E-state index in [0.717, 1.165) is 22.9 Å². The number of amides is 1. The molecule has 132 valence electrons. The van der Waals surface area contributed by atoms with E-state index < -0.39 is 0 Å². The minimum Gasteiger partial charge on any atom is -0.467 e. The van der Waals surface area contributed by atoms with E-state index in [1.165, 1.54) is 19.3 Å². The molecule has 2 aliphatic heterocycles. The van der Waals surface area contributed by atoms with Crippen LogP contribution in [0.15, 0.2) is 45.4 Å². The van der Waals surface area contributed by atoms with Gasteiger partial charge in [0.15, 0.2) is 0 Å². The summed E-state index contributed by atoms with van der Waals surface area (Å²) in [5.74, 6) is 0.858. The van der Waals surface area contributed by atoms with Crippen LogP contribution in [0.3, 0.4) is 0 Å². The maximum atomic E-state index is 13.0. The Morgan fingerprint density at radius 1 is 1.36 bits per heavy atom. The number of carbonyl (C=O) groups excluding carboxylic acids is 1. The average molecular weight is 357 g/mol. The molecule has 25 heavy (non-hydrogen) atoms. The topological polar surface area (TPSA) is 49.1 Å². The zero-order chi connectivity index (χ0) is 17.2. The molecule has 4 heterocycles. The van der Waals surface area contributed by atoms with Crippen molar-refractivity contribution in [1.29, 1.82) is 0 Å². The highest BCUT2D eigenvalue weighted by Gasteiger charge is 2.36. The molecule has 0 bridgehead atoms. The summed E-state index contributed by atoms with van der Waals surface area (Å²) in [7, 11) is 0. The van der Waals surface area contributed by atoms with Crippen LogP contribution in [-0.4, -0.2) is 40.7 Å². The Morgan fingerprint density at radius 3 is 3.00 bits per heavy atom. The molecule has 5 nitrogen and oxygen atoms in total. The second-order valence-electron chi connectivity index (χ2n) is 6.81. The Bertz CT molecular complexity index is 739. The molecule has 0 aliphatic carbocycles. The number of hydrazone groups is 1. The van der Waals surface area contributed by atoms with Gasteiger partial charge in [-0.15, -0.1) is 11.3 Å². The maximum absolute atomic E-state index is 13.0. The molecule has 0 N–H and O–H groups in total. The minimum atomic E-state index is -0.139. The fraction of sp³-hybridized carbons (Fsp3) is 0.474. The van der Waals surface area contributed by atoms with Gasteiger partial charge in [-0.3, -0.25) is 9.69 Å². The normalized spacial score (nSPS) is 24.5. The van der Waals surface area contributed by atoms with Crippen molar-refractivity contribution in [1.82, 2.24) is 9.91 Å². The number of piperidine rings is 1. The smallest absolute Gasteiger partial charge is 0.257 e. The third-order valence-corrected chi connectivity index (χ3v) is 6.04. The molecule has 1 fully saturated rings. The predicted molar refractivity (Wildman–Crippen MR) is 98.7 cm³/mol. The number of furan rings is 1. The van der Waals surface area contributed by atoms with Gasteiger partial charge < -0.3 is 4.42 Å². The molecule has 0 aromatic carbocycles. The Kier molecular flexibility index (Phi) is 4.72. The first-order valence-electron chi connectivity index (χ1n) is 8.93. The molecule has 2 aromatic heterocycles. The summed E-state index contributed by atoms with van der Waals surface area (Å²) in [6.45, 7) is 3.63. The van der Waals surface area contributed by atoms with E-state index in [9.17, 15) is 4.79 Å². The van der Waals surface area contributed by atoms with E-state index >= 15 is 0 Å². The summed E-state index contributed by atoms with van der Waals surface area (Å²) in [5, 5.41) is 8.37. The molecule has 6 heteroatoms. The van der Waals surface area contributed by atoms with Gasteiger partial charge in [0.25, 0.3) is 5.91 Å². The van der Waals surface area contributed by atoms with Crippen molar-refractivity contribution in [2.75, 3.05) is 13.1 Å². The van der Waals surface area contributed by atoms with Crippen molar-refractivity contribution in [3.8, 4) is 0 Å². The van der Waals surface area contributed by atoms with Crippen molar-refractivity contribution >= 4 is 23.0 Å². The molecule has 4 rings (SSSR count). The summed E-state index contributed by atoms with van der Waals surface area (Å²) in [4.78, 5) is 16.4. The Hall–Kier alpha value is -1.92. The fourth-order valence-electron chi connectivity index (χ4n) is 3.67. The standard InChI is InChI=1S/C19H23N3O2S/c1-14-6-2-3-9-21(14)13-19(23)22-16(17-7-4-10-24-17)12-15(20-22)18-8-5-11-25-18/h4-5,7-8,10-11,14,16H,2-3,6,9,12-13H2,1H3. The highest BCUT2D eigenvalue weighted by molar-refractivity contribution is 7.12. The van der Waals surface area contributed by atoms with Crippen LogP contribution in [0.2, 0.25) is 0 Å². The molecule has 0 saturated carbocycles. The predicted octanol–water partition coefficient (Wildman–Crippen LogP) is 3.89. The molecular weight excluding hydrogens is 334 g/mol. The Morgan fingerprint density at radius 2 is 2.28 bits per heavy atom. The maximum Gasteiger partial charge on any atom is 0.257 e. The van der Waals surface area contributed by atoms with Crippen molar-refractivity contribution in [3.05, 3.63) is 46.5 Å². The molecule has 2 aromatic rings. The molecule has 1 saturated heterocycles. The van der Waals surface area contributed by atoms with Gasteiger partial charge >= 0.3 is 0 Å². The average Bonchev–Trinajstić information content (AvgIpc) is 3.36. The van der Waals surface area contributed by atoms with Crippen molar-refractivity contribution in [3.63, 3.8) is 0 Å². The summed E-state index contributed by atoms with van der Waals surface area (Å²) in [6, 6.07) is 8.20. The Balaban J connectivity index is 1.55. The third-order valence-electron chi connectivity index (χ3n) is 5.12. The highest BCUT2D eigenvalue weighted by atomic mass is 32.1. The van der Waals surface area contributed by atoms with Gasteiger partial charge in [-0.2, -0.15) is 5.10 Å². The van der Waals surface area contributed by atoms with Gasteiger partial charge in [-0.05, 0) is 49.9 Å². The Labute approximate surface area is 151 Å². The molecule has 2 unspecified atom stereocenters. The van der Waals surface area contributed by atoms with E-state index in [-0.39, 0.29) is 11.9 Å². The largest absolute Gasteiger partial charge is 0.467 e. The lowest BCUT2D eigenvalue weighted by Gasteiger charge is -2.33. The zero-order valence-electron chi connectivity index (χ0n) is 14.4. The number of nitrogens with zero attached hydrogens (tertiary/aromatic N) is 3.